The zero-order valence-electron chi connectivity index (χ0n) is 21.9. The highest BCUT2D eigenvalue weighted by atomic mass is 35.5. The fourth-order valence-corrected chi connectivity index (χ4v) is 5.61. The number of halogens is 2. The van der Waals surface area contributed by atoms with Crippen molar-refractivity contribution in [2.24, 2.45) is 12.8 Å². The number of urea groups is 1. The summed E-state index contributed by atoms with van der Waals surface area (Å²) < 4.78 is 24.7. The van der Waals surface area contributed by atoms with Crippen molar-refractivity contribution in [3.8, 4) is 22.6 Å². The van der Waals surface area contributed by atoms with Crippen molar-refractivity contribution >= 4 is 39.6 Å². The minimum absolute atomic E-state index is 0.155. The molecule has 2 amide bonds. The number of ether oxygens (including phenoxy) is 1. The molecule has 6 rings (SSSR count). The van der Waals surface area contributed by atoms with E-state index in [1.165, 1.54) is 10.6 Å². The number of rotatable bonds is 4. The minimum Gasteiger partial charge on any atom is -0.452 e. The summed E-state index contributed by atoms with van der Waals surface area (Å²) in [5, 5.41) is 0.997. The fraction of sp³-hybridized carbons (Fsp3) is 0.241. The van der Waals surface area contributed by atoms with Crippen LogP contribution in [0.25, 0.3) is 33.1 Å². The maximum absolute atomic E-state index is 15.5. The zero-order valence-corrected chi connectivity index (χ0v) is 22.7. The summed E-state index contributed by atoms with van der Waals surface area (Å²) in [7, 11) is 1.63. The van der Waals surface area contributed by atoms with Crippen LogP contribution < -0.4 is 16.0 Å². The number of nitrogens with two attached hydrogens (primary N) is 1. The number of piperidine rings is 1. The maximum Gasteiger partial charge on any atom is 0.314 e. The second-order valence-corrected chi connectivity index (χ2v) is 10.7. The first-order chi connectivity index (χ1) is 19.1. The highest BCUT2D eigenvalue weighted by Crippen LogP contribution is 2.39. The summed E-state index contributed by atoms with van der Waals surface area (Å²) in [5.74, 6) is 0.0390. The van der Waals surface area contributed by atoms with Crippen molar-refractivity contribution < 1.29 is 13.9 Å². The molecule has 1 aliphatic rings. The molecule has 0 unspecified atom stereocenters. The molecule has 2 N–H and O–H groups in total. The van der Waals surface area contributed by atoms with Crippen LogP contribution in [0.5, 0.6) is 11.5 Å². The van der Waals surface area contributed by atoms with Gasteiger partial charge in [0, 0.05) is 60.5 Å². The molecule has 0 bridgehead atoms. The van der Waals surface area contributed by atoms with Crippen LogP contribution in [0.3, 0.4) is 0 Å². The van der Waals surface area contributed by atoms with Crippen LogP contribution in [-0.4, -0.2) is 43.1 Å². The predicted molar refractivity (Wildman–Crippen MR) is 151 cm³/mol. The number of hydrogen-bond donors (Lipinski definition) is 1. The molecule has 0 aliphatic carbocycles. The lowest BCUT2D eigenvalue weighted by Gasteiger charge is -2.40. The van der Waals surface area contributed by atoms with Crippen LogP contribution in [0.15, 0.2) is 66.0 Å². The lowest BCUT2D eigenvalue weighted by Crippen LogP contribution is -2.48. The highest BCUT2D eigenvalue weighted by molar-refractivity contribution is 6.33. The summed E-state index contributed by atoms with van der Waals surface area (Å²) >= 11 is 6.63. The molecule has 3 aromatic heterocycles. The molecule has 5 aromatic rings. The summed E-state index contributed by atoms with van der Waals surface area (Å²) in [6, 6.07) is 10.9. The Morgan fingerprint density at radius 1 is 1.10 bits per heavy atom. The number of primary amides is 1. The lowest BCUT2D eigenvalue weighted by molar-refractivity contribution is 0.141. The van der Waals surface area contributed by atoms with E-state index in [0.717, 1.165) is 10.9 Å². The van der Waals surface area contributed by atoms with E-state index >= 15 is 4.39 Å². The number of carbonyl (C=O) groups is 1. The predicted octanol–water partition coefficient (Wildman–Crippen LogP) is 5.42. The molecule has 9 nitrogen and oxygen atoms in total. The van der Waals surface area contributed by atoms with Crippen molar-refractivity contribution in [3.63, 3.8) is 0 Å². The van der Waals surface area contributed by atoms with Gasteiger partial charge >= 0.3 is 6.03 Å². The Kier molecular flexibility index (Phi) is 6.22. The molecule has 1 saturated heterocycles. The quantitative estimate of drug-likeness (QED) is 0.315. The summed E-state index contributed by atoms with van der Waals surface area (Å²) in [4.78, 5) is 34.7. The number of aromatic nitrogens is 4. The molecule has 2 aromatic carbocycles. The molecule has 0 spiro atoms. The summed E-state index contributed by atoms with van der Waals surface area (Å²) in [5.41, 5.74) is 7.65. The standard InChI is InChI=1S/C29H26ClFN6O3/c1-29(7-10-36(11-8-29)28(32)39)37-16-34-24-15-33-23-14-22(31)19(13-20(23)26(24)37)18-6-5-17(12-21(18)30)40-25-4-3-9-35(2)27(25)38/h3-6,9,12-16H,7-8,10-11H2,1-2H3,(H2,32,39). The largest absolute Gasteiger partial charge is 0.452 e. The van der Waals surface area contributed by atoms with Gasteiger partial charge in [-0.3, -0.25) is 9.78 Å². The number of hydrogen-bond acceptors (Lipinski definition) is 5. The molecule has 0 atom stereocenters. The molecule has 204 valence electrons. The van der Waals surface area contributed by atoms with Gasteiger partial charge in [0.1, 0.15) is 17.1 Å². The number of likely N-dealkylation sites (tertiary alicyclic amines) is 1. The number of fused-ring (bicyclic) bond motifs is 3. The van der Waals surface area contributed by atoms with Gasteiger partial charge in [-0.15, -0.1) is 0 Å². The number of amides is 2. The molecular formula is C29H26ClFN6O3. The Morgan fingerprint density at radius 2 is 1.88 bits per heavy atom. The first-order valence-corrected chi connectivity index (χ1v) is 13.2. The Morgan fingerprint density at radius 3 is 2.60 bits per heavy atom. The number of imidazole rings is 1. The van der Waals surface area contributed by atoms with Crippen LogP contribution in [0.4, 0.5) is 9.18 Å². The van der Waals surface area contributed by atoms with E-state index in [4.69, 9.17) is 22.1 Å². The SMILES string of the molecule is Cn1cccc(Oc2ccc(-c3cc4c(cc3F)ncc3ncn(C5(C)CCN(C(N)=O)CC5)c34)c(Cl)c2)c1=O. The van der Waals surface area contributed by atoms with Crippen molar-refractivity contribution in [2.75, 3.05) is 13.1 Å². The number of aryl methyl sites for hydroxylation is 1. The van der Waals surface area contributed by atoms with E-state index in [1.54, 1.807) is 67.1 Å². The van der Waals surface area contributed by atoms with Crippen LogP contribution in [0, 0.1) is 5.82 Å². The Bertz CT molecular complexity index is 1860. The van der Waals surface area contributed by atoms with E-state index in [0.29, 0.717) is 53.8 Å². The van der Waals surface area contributed by atoms with Gasteiger partial charge in [0.15, 0.2) is 5.75 Å². The van der Waals surface area contributed by atoms with Gasteiger partial charge < -0.3 is 24.5 Å². The molecule has 0 radical (unpaired) electrons. The summed E-state index contributed by atoms with van der Waals surface area (Å²) in [6.45, 7) is 3.19. The van der Waals surface area contributed by atoms with Crippen LogP contribution >= 0.6 is 11.6 Å². The smallest absolute Gasteiger partial charge is 0.314 e. The van der Waals surface area contributed by atoms with Gasteiger partial charge in [0.2, 0.25) is 0 Å². The third kappa shape index (κ3) is 4.34. The maximum atomic E-state index is 15.5. The Hall–Kier alpha value is -4.44. The van der Waals surface area contributed by atoms with Crippen LogP contribution in [0.1, 0.15) is 19.8 Å². The Labute approximate surface area is 233 Å². The lowest BCUT2D eigenvalue weighted by atomic mass is 9.89. The monoisotopic (exact) mass is 560 g/mol. The van der Waals surface area contributed by atoms with E-state index in [-0.39, 0.29) is 21.9 Å². The number of benzene rings is 2. The zero-order chi connectivity index (χ0) is 28.2. The van der Waals surface area contributed by atoms with Crippen LogP contribution in [-0.2, 0) is 12.6 Å². The first-order valence-electron chi connectivity index (χ1n) is 12.8. The molecule has 40 heavy (non-hydrogen) atoms. The fourth-order valence-electron chi connectivity index (χ4n) is 5.33. The first kappa shape index (κ1) is 25.8. The van der Waals surface area contributed by atoms with Crippen molar-refractivity contribution in [2.45, 2.75) is 25.3 Å². The Balaban J connectivity index is 1.42. The van der Waals surface area contributed by atoms with E-state index < -0.39 is 11.8 Å². The molecule has 1 aliphatic heterocycles. The van der Waals surface area contributed by atoms with Gasteiger partial charge in [0.05, 0.1) is 28.6 Å². The summed E-state index contributed by atoms with van der Waals surface area (Å²) in [6.07, 6.45) is 6.44. The van der Waals surface area contributed by atoms with Gasteiger partial charge in [-0.1, -0.05) is 11.6 Å². The van der Waals surface area contributed by atoms with Gasteiger partial charge in [-0.2, -0.15) is 0 Å². The number of pyridine rings is 2. The minimum atomic E-state index is -0.473. The average Bonchev–Trinajstić information content (AvgIpc) is 3.37. The van der Waals surface area contributed by atoms with Crippen molar-refractivity contribution in [1.29, 1.82) is 0 Å². The van der Waals surface area contributed by atoms with E-state index in [1.807, 2.05) is 0 Å². The second-order valence-electron chi connectivity index (χ2n) is 10.3. The topological polar surface area (TPSA) is 108 Å². The van der Waals surface area contributed by atoms with Gasteiger partial charge in [-0.05, 0) is 50.1 Å². The molecule has 4 heterocycles. The van der Waals surface area contributed by atoms with Gasteiger partial charge in [-0.25, -0.2) is 14.2 Å². The van der Waals surface area contributed by atoms with Crippen molar-refractivity contribution in [3.05, 3.63) is 82.4 Å². The third-order valence-corrected chi connectivity index (χ3v) is 8.06. The molecule has 11 heteroatoms. The van der Waals surface area contributed by atoms with Crippen LogP contribution in [0.2, 0.25) is 5.02 Å². The normalized spacial score (nSPS) is 15.1. The van der Waals surface area contributed by atoms with Gasteiger partial charge in [0.25, 0.3) is 5.56 Å². The second kappa shape index (κ2) is 9.63. The number of nitrogens with zero attached hydrogens (tertiary/aromatic N) is 5. The van der Waals surface area contributed by atoms with E-state index in [9.17, 15) is 9.59 Å². The van der Waals surface area contributed by atoms with E-state index in [2.05, 4.69) is 21.5 Å². The molecular weight excluding hydrogens is 535 g/mol. The average molecular weight is 561 g/mol. The molecule has 0 saturated carbocycles. The third-order valence-electron chi connectivity index (χ3n) is 7.74. The molecule has 1 fully saturated rings. The van der Waals surface area contributed by atoms with Crippen molar-refractivity contribution in [1.82, 2.24) is 24.0 Å². The number of carbonyl (C=O) groups excluding carboxylic acids is 1. The highest BCUT2D eigenvalue weighted by Gasteiger charge is 2.34.